The molecule has 3 rings (SSSR count). The van der Waals surface area contributed by atoms with Gasteiger partial charge in [0, 0.05) is 13.1 Å². The van der Waals surface area contributed by atoms with E-state index in [0.717, 1.165) is 11.6 Å². The molecule has 1 aliphatic heterocycles. The Kier molecular flexibility index (Phi) is 4.28. The Morgan fingerprint density at radius 2 is 2.13 bits per heavy atom. The highest BCUT2D eigenvalue weighted by Gasteiger charge is 2.36. The van der Waals surface area contributed by atoms with E-state index in [1.165, 1.54) is 23.5 Å². The minimum atomic E-state index is -4.46. The Hall–Kier alpha value is -2.04. The topological polar surface area (TPSA) is 36.3 Å². The summed E-state index contributed by atoms with van der Waals surface area (Å²) in [4.78, 5) is 1.65. The summed E-state index contributed by atoms with van der Waals surface area (Å²) < 4.78 is 45.5. The van der Waals surface area contributed by atoms with Gasteiger partial charge in [0.05, 0.1) is 29.5 Å². The van der Waals surface area contributed by atoms with E-state index in [1.807, 2.05) is 22.9 Å². The van der Waals surface area contributed by atoms with Crippen LogP contribution in [0.1, 0.15) is 22.8 Å². The maximum absolute atomic E-state index is 13.3. The Balaban J connectivity index is 1.95. The number of benzene rings is 1. The van der Waals surface area contributed by atoms with Gasteiger partial charge in [0.2, 0.25) is 0 Å². The van der Waals surface area contributed by atoms with Gasteiger partial charge >= 0.3 is 6.18 Å². The fourth-order valence-corrected chi connectivity index (χ4v) is 3.33. The number of morpholine rings is 1. The first-order chi connectivity index (χ1) is 11.0. The number of rotatable bonds is 2. The second-order valence-electron chi connectivity index (χ2n) is 5.20. The number of nitrogens with zero attached hydrogens (tertiary/aromatic N) is 2. The molecule has 1 aromatic heterocycles. The summed E-state index contributed by atoms with van der Waals surface area (Å²) in [5.74, 6) is 0. The fraction of sp³-hybridized carbons (Fsp3) is 0.312. The normalized spacial score (nSPS) is 18.7. The van der Waals surface area contributed by atoms with Crippen LogP contribution in [0, 0.1) is 11.3 Å². The molecule has 2 aromatic rings. The van der Waals surface area contributed by atoms with Gasteiger partial charge in [0.15, 0.2) is 0 Å². The molecule has 1 unspecified atom stereocenters. The van der Waals surface area contributed by atoms with E-state index in [-0.39, 0.29) is 17.4 Å². The van der Waals surface area contributed by atoms with E-state index in [4.69, 9.17) is 10.00 Å². The van der Waals surface area contributed by atoms with E-state index in [1.54, 1.807) is 4.90 Å². The van der Waals surface area contributed by atoms with Gasteiger partial charge in [-0.15, -0.1) is 0 Å². The van der Waals surface area contributed by atoms with Crippen LogP contribution in [-0.2, 0) is 10.9 Å². The van der Waals surface area contributed by atoms with Crippen molar-refractivity contribution in [3.05, 3.63) is 51.7 Å². The van der Waals surface area contributed by atoms with Gasteiger partial charge in [0.1, 0.15) is 6.10 Å². The van der Waals surface area contributed by atoms with Crippen LogP contribution >= 0.6 is 11.3 Å². The lowest BCUT2D eigenvalue weighted by molar-refractivity contribution is -0.137. The second-order valence-corrected chi connectivity index (χ2v) is 5.98. The van der Waals surface area contributed by atoms with Crippen LogP contribution in [0.2, 0.25) is 0 Å². The zero-order valence-electron chi connectivity index (χ0n) is 12.0. The molecule has 0 spiro atoms. The molecule has 23 heavy (non-hydrogen) atoms. The quantitative estimate of drug-likeness (QED) is 0.823. The predicted molar refractivity (Wildman–Crippen MR) is 81.4 cm³/mol. The summed E-state index contributed by atoms with van der Waals surface area (Å²) in [6.45, 7) is 1.03. The highest BCUT2D eigenvalue weighted by atomic mass is 32.1. The molecule has 120 valence electrons. The molecule has 0 saturated carbocycles. The lowest BCUT2D eigenvalue weighted by Gasteiger charge is -2.35. The predicted octanol–water partition coefficient (Wildman–Crippen LogP) is 4.22. The van der Waals surface area contributed by atoms with Gasteiger partial charge in [-0.05, 0) is 40.6 Å². The lowest BCUT2D eigenvalue weighted by Crippen LogP contribution is -2.39. The van der Waals surface area contributed by atoms with Crippen LogP contribution in [-0.4, -0.2) is 19.7 Å². The van der Waals surface area contributed by atoms with Crippen molar-refractivity contribution in [2.75, 3.05) is 24.6 Å². The lowest BCUT2D eigenvalue weighted by atomic mass is 10.1. The number of alkyl halides is 3. The fourth-order valence-electron chi connectivity index (χ4n) is 2.63. The molecule has 1 saturated heterocycles. The molecule has 1 aromatic carbocycles. The summed E-state index contributed by atoms with van der Waals surface area (Å²) in [6, 6.07) is 7.29. The third kappa shape index (κ3) is 3.33. The first-order valence-electron chi connectivity index (χ1n) is 6.99. The standard InChI is InChI=1S/C16H13F3N2OS/c17-16(18,19)13-2-1-11(8-20)7-14(13)21-4-5-22-15(9-21)12-3-6-23-10-12/h1-3,6-7,10,15H,4-5,9H2. The molecular weight excluding hydrogens is 325 g/mol. The van der Waals surface area contributed by atoms with Crippen molar-refractivity contribution >= 4 is 17.0 Å². The van der Waals surface area contributed by atoms with E-state index in [0.29, 0.717) is 19.7 Å². The van der Waals surface area contributed by atoms with E-state index in [2.05, 4.69) is 0 Å². The van der Waals surface area contributed by atoms with Crippen molar-refractivity contribution in [1.29, 1.82) is 5.26 Å². The number of hydrogen-bond donors (Lipinski definition) is 0. The Bertz CT molecular complexity index is 722. The Labute approximate surface area is 135 Å². The van der Waals surface area contributed by atoms with Gasteiger partial charge in [0.25, 0.3) is 0 Å². The largest absolute Gasteiger partial charge is 0.418 e. The highest BCUT2D eigenvalue weighted by Crippen LogP contribution is 2.38. The average Bonchev–Trinajstić information content (AvgIpc) is 3.08. The summed E-state index contributed by atoms with van der Waals surface area (Å²) in [5, 5.41) is 12.8. The molecule has 2 heterocycles. The minimum absolute atomic E-state index is 0.0417. The maximum atomic E-state index is 13.3. The van der Waals surface area contributed by atoms with E-state index >= 15 is 0 Å². The van der Waals surface area contributed by atoms with Crippen LogP contribution < -0.4 is 4.90 Å². The second kappa shape index (κ2) is 6.22. The number of halogens is 3. The first kappa shape index (κ1) is 15.8. The summed E-state index contributed by atoms with van der Waals surface area (Å²) in [5.41, 5.74) is 0.499. The Morgan fingerprint density at radius 3 is 2.78 bits per heavy atom. The van der Waals surface area contributed by atoms with Gasteiger partial charge < -0.3 is 9.64 Å². The van der Waals surface area contributed by atoms with Crippen LogP contribution in [0.5, 0.6) is 0 Å². The van der Waals surface area contributed by atoms with Crippen LogP contribution in [0.15, 0.2) is 35.0 Å². The molecule has 1 fully saturated rings. The third-order valence-electron chi connectivity index (χ3n) is 3.75. The zero-order chi connectivity index (χ0) is 16.4. The van der Waals surface area contributed by atoms with Crippen molar-refractivity contribution in [2.45, 2.75) is 12.3 Å². The van der Waals surface area contributed by atoms with Crippen molar-refractivity contribution in [1.82, 2.24) is 0 Å². The average molecular weight is 338 g/mol. The monoisotopic (exact) mass is 338 g/mol. The van der Waals surface area contributed by atoms with Crippen LogP contribution in [0.4, 0.5) is 18.9 Å². The summed E-state index contributed by atoms with van der Waals surface area (Å²) >= 11 is 1.52. The van der Waals surface area contributed by atoms with Crippen molar-refractivity contribution in [2.24, 2.45) is 0 Å². The van der Waals surface area contributed by atoms with Crippen molar-refractivity contribution < 1.29 is 17.9 Å². The highest BCUT2D eigenvalue weighted by molar-refractivity contribution is 7.07. The number of nitriles is 1. The number of ether oxygens (including phenoxy) is 1. The molecule has 0 aliphatic carbocycles. The zero-order valence-corrected chi connectivity index (χ0v) is 12.8. The van der Waals surface area contributed by atoms with Gasteiger partial charge in [-0.3, -0.25) is 0 Å². The number of anilines is 1. The molecule has 0 N–H and O–H groups in total. The number of thiophene rings is 1. The van der Waals surface area contributed by atoms with Gasteiger partial charge in [-0.2, -0.15) is 29.8 Å². The molecule has 7 heteroatoms. The molecule has 0 bridgehead atoms. The molecule has 0 amide bonds. The van der Waals surface area contributed by atoms with E-state index in [9.17, 15) is 13.2 Å². The van der Waals surface area contributed by atoms with Gasteiger partial charge in [-0.1, -0.05) is 0 Å². The smallest absolute Gasteiger partial charge is 0.370 e. The summed E-state index contributed by atoms with van der Waals surface area (Å²) in [7, 11) is 0. The van der Waals surface area contributed by atoms with E-state index < -0.39 is 11.7 Å². The molecular formula is C16H13F3N2OS. The van der Waals surface area contributed by atoms with Crippen LogP contribution in [0.25, 0.3) is 0 Å². The maximum Gasteiger partial charge on any atom is 0.418 e. The molecule has 1 aliphatic rings. The number of hydrogen-bond acceptors (Lipinski definition) is 4. The summed E-state index contributed by atoms with van der Waals surface area (Å²) in [6.07, 6.45) is -4.72. The van der Waals surface area contributed by atoms with Gasteiger partial charge in [-0.25, -0.2) is 0 Å². The molecule has 0 radical (unpaired) electrons. The van der Waals surface area contributed by atoms with Crippen molar-refractivity contribution in [3.63, 3.8) is 0 Å². The van der Waals surface area contributed by atoms with Crippen molar-refractivity contribution in [3.8, 4) is 6.07 Å². The minimum Gasteiger partial charge on any atom is -0.370 e. The molecule has 3 nitrogen and oxygen atoms in total. The third-order valence-corrected chi connectivity index (χ3v) is 4.46. The van der Waals surface area contributed by atoms with Crippen LogP contribution in [0.3, 0.4) is 0 Å². The Morgan fingerprint density at radius 1 is 1.30 bits per heavy atom. The first-order valence-corrected chi connectivity index (χ1v) is 7.93. The molecule has 1 atom stereocenters. The SMILES string of the molecule is N#Cc1ccc(C(F)(F)F)c(N2CCOC(c3ccsc3)C2)c1.